The van der Waals surface area contributed by atoms with Gasteiger partial charge in [0.05, 0.1) is 0 Å². The van der Waals surface area contributed by atoms with Crippen LogP contribution in [0.25, 0.3) is 20.5 Å². The van der Waals surface area contributed by atoms with E-state index < -0.39 is 0 Å². The summed E-state index contributed by atoms with van der Waals surface area (Å²) < 4.78 is 1.36. The number of benzene rings is 2. The zero-order valence-corrected chi connectivity index (χ0v) is 14.4. The Kier molecular flexibility index (Phi) is 7.44. The van der Waals surface area contributed by atoms with Gasteiger partial charge in [-0.15, -0.1) is 23.7 Å². The molecule has 0 atom stereocenters. The zero-order valence-electron chi connectivity index (χ0n) is 12.7. The molecule has 0 amide bonds. The van der Waals surface area contributed by atoms with Gasteiger partial charge in [0.25, 0.3) is 0 Å². The Labute approximate surface area is 137 Å². The fourth-order valence-electron chi connectivity index (χ4n) is 1.73. The van der Waals surface area contributed by atoms with Crippen LogP contribution < -0.4 is 0 Å². The first-order valence-electron chi connectivity index (χ1n) is 6.89. The lowest BCUT2D eigenvalue weighted by Gasteiger charge is -2.00. The minimum absolute atomic E-state index is 0. The summed E-state index contributed by atoms with van der Waals surface area (Å²) in [5.41, 5.74) is 1.30. The standard InChI is InChI=1S/C14H10S.C4H11N.ClH/c1-2-6-11(7-3-1)14-10-12-8-4-5-9-13(12)15-14;1-4-5(2)3;/h1-10H;4H2,1-3H3;1H. The molecule has 1 heterocycles. The molecule has 1 aromatic heterocycles. The highest BCUT2D eigenvalue weighted by molar-refractivity contribution is 7.22. The molecule has 0 aliphatic heterocycles. The van der Waals surface area contributed by atoms with Crippen molar-refractivity contribution in [2.45, 2.75) is 6.92 Å². The predicted octanol–water partition coefficient (Wildman–Crippen LogP) is 5.56. The summed E-state index contributed by atoms with van der Waals surface area (Å²) in [6.45, 7) is 3.26. The summed E-state index contributed by atoms with van der Waals surface area (Å²) in [6, 6.07) is 21.3. The number of hydrogen-bond donors (Lipinski definition) is 0. The van der Waals surface area contributed by atoms with Gasteiger partial charge in [-0.1, -0.05) is 55.5 Å². The summed E-state index contributed by atoms with van der Waals surface area (Å²) in [4.78, 5) is 3.47. The third-order valence-electron chi connectivity index (χ3n) is 3.12. The highest BCUT2D eigenvalue weighted by Crippen LogP contribution is 2.32. The van der Waals surface area contributed by atoms with Crippen molar-refractivity contribution in [3.05, 3.63) is 60.7 Å². The first kappa shape index (κ1) is 17.7. The number of fused-ring (bicyclic) bond motifs is 1. The van der Waals surface area contributed by atoms with Gasteiger partial charge in [-0.05, 0) is 43.7 Å². The molecule has 0 radical (unpaired) electrons. The molecule has 0 fully saturated rings. The van der Waals surface area contributed by atoms with E-state index in [9.17, 15) is 0 Å². The summed E-state index contributed by atoms with van der Waals surface area (Å²) >= 11 is 1.85. The molecule has 0 spiro atoms. The molecule has 0 saturated heterocycles. The van der Waals surface area contributed by atoms with Gasteiger partial charge in [0, 0.05) is 9.58 Å². The number of halogens is 1. The van der Waals surface area contributed by atoms with Gasteiger partial charge >= 0.3 is 0 Å². The maximum absolute atomic E-state index is 2.26. The Morgan fingerprint density at radius 1 is 0.905 bits per heavy atom. The van der Waals surface area contributed by atoms with Crippen molar-refractivity contribution in [1.29, 1.82) is 0 Å². The fraction of sp³-hybridized carbons (Fsp3) is 0.222. The highest BCUT2D eigenvalue weighted by atomic mass is 35.5. The van der Waals surface area contributed by atoms with Gasteiger partial charge in [-0.2, -0.15) is 0 Å². The topological polar surface area (TPSA) is 3.24 Å². The predicted molar refractivity (Wildman–Crippen MR) is 98.7 cm³/mol. The van der Waals surface area contributed by atoms with E-state index in [1.807, 2.05) is 11.3 Å². The molecule has 112 valence electrons. The molecule has 0 aliphatic rings. The largest absolute Gasteiger partial charge is 0.310 e. The molecule has 0 saturated carbocycles. The van der Waals surface area contributed by atoms with Crippen LogP contribution >= 0.6 is 23.7 Å². The Hall–Kier alpha value is -1.35. The van der Waals surface area contributed by atoms with Crippen molar-refractivity contribution in [3.63, 3.8) is 0 Å². The summed E-state index contributed by atoms with van der Waals surface area (Å²) in [7, 11) is 4.11. The van der Waals surface area contributed by atoms with Gasteiger partial charge in [0.15, 0.2) is 0 Å². The molecule has 2 aromatic carbocycles. The van der Waals surface area contributed by atoms with Crippen LogP contribution in [0, 0.1) is 0 Å². The molecular formula is C18H22ClNS. The zero-order chi connectivity index (χ0) is 14.4. The number of rotatable bonds is 2. The van der Waals surface area contributed by atoms with Crippen LogP contribution in [-0.4, -0.2) is 25.5 Å². The Morgan fingerprint density at radius 2 is 1.48 bits per heavy atom. The van der Waals surface area contributed by atoms with Crippen molar-refractivity contribution < 1.29 is 0 Å². The van der Waals surface area contributed by atoms with Crippen molar-refractivity contribution in [2.24, 2.45) is 0 Å². The number of hydrogen-bond acceptors (Lipinski definition) is 2. The number of nitrogens with zero attached hydrogens (tertiary/aromatic N) is 1. The van der Waals surface area contributed by atoms with Crippen molar-refractivity contribution in [2.75, 3.05) is 20.6 Å². The SMILES string of the molecule is CCN(C)C.Cl.c1ccc(-c2cc3ccccc3s2)cc1. The van der Waals surface area contributed by atoms with Gasteiger partial charge in [-0.25, -0.2) is 0 Å². The molecule has 3 aromatic rings. The molecule has 3 rings (SSSR count). The first-order valence-corrected chi connectivity index (χ1v) is 7.71. The molecule has 3 heteroatoms. The van der Waals surface area contributed by atoms with E-state index in [-0.39, 0.29) is 12.4 Å². The molecule has 1 nitrogen and oxygen atoms in total. The Morgan fingerprint density at radius 3 is 2.05 bits per heavy atom. The quantitative estimate of drug-likeness (QED) is 0.598. The maximum atomic E-state index is 2.26. The van der Waals surface area contributed by atoms with Crippen LogP contribution in [0.3, 0.4) is 0 Å². The van der Waals surface area contributed by atoms with Crippen LogP contribution in [0.4, 0.5) is 0 Å². The van der Waals surface area contributed by atoms with E-state index in [4.69, 9.17) is 0 Å². The molecule has 0 unspecified atom stereocenters. The molecule has 0 aliphatic carbocycles. The summed E-state index contributed by atoms with van der Waals surface area (Å²) in [6.07, 6.45) is 0. The van der Waals surface area contributed by atoms with Crippen molar-refractivity contribution in [1.82, 2.24) is 4.90 Å². The summed E-state index contributed by atoms with van der Waals surface area (Å²) in [5, 5.41) is 1.33. The van der Waals surface area contributed by atoms with E-state index in [0.717, 1.165) is 6.54 Å². The number of thiophene rings is 1. The second kappa shape index (κ2) is 8.83. The third kappa shape index (κ3) is 5.16. The third-order valence-corrected chi connectivity index (χ3v) is 4.28. The molecule has 0 bridgehead atoms. The smallest absolute Gasteiger partial charge is 0.0355 e. The second-order valence-electron chi connectivity index (χ2n) is 4.91. The van der Waals surface area contributed by atoms with E-state index in [0.29, 0.717) is 0 Å². The van der Waals surface area contributed by atoms with E-state index in [1.54, 1.807) is 0 Å². The van der Waals surface area contributed by atoms with Gasteiger partial charge in [-0.3, -0.25) is 0 Å². The lowest BCUT2D eigenvalue weighted by atomic mass is 10.2. The van der Waals surface area contributed by atoms with Gasteiger partial charge in [0.1, 0.15) is 0 Å². The average molecular weight is 320 g/mol. The lowest BCUT2D eigenvalue weighted by Crippen LogP contribution is -2.08. The van der Waals surface area contributed by atoms with E-state index >= 15 is 0 Å². The van der Waals surface area contributed by atoms with Crippen molar-refractivity contribution >= 4 is 33.8 Å². The van der Waals surface area contributed by atoms with Gasteiger partial charge < -0.3 is 4.90 Å². The van der Waals surface area contributed by atoms with Crippen LogP contribution in [-0.2, 0) is 0 Å². The average Bonchev–Trinajstić information content (AvgIpc) is 2.92. The fourth-order valence-corrected chi connectivity index (χ4v) is 2.79. The van der Waals surface area contributed by atoms with Crippen LogP contribution in [0.15, 0.2) is 60.7 Å². The summed E-state index contributed by atoms with van der Waals surface area (Å²) in [5.74, 6) is 0. The molecule has 21 heavy (non-hydrogen) atoms. The van der Waals surface area contributed by atoms with Gasteiger partial charge in [0.2, 0.25) is 0 Å². The van der Waals surface area contributed by atoms with Crippen molar-refractivity contribution in [3.8, 4) is 10.4 Å². The molecular weight excluding hydrogens is 298 g/mol. The monoisotopic (exact) mass is 319 g/mol. The Bertz CT molecular complexity index is 613. The normalized spacial score (nSPS) is 9.90. The highest BCUT2D eigenvalue weighted by Gasteiger charge is 2.02. The van der Waals surface area contributed by atoms with Crippen LogP contribution in [0.5, 0.6) is 0 Å². The van der Waals surface area contributed by atoms with Crippen LogP contribution in [0.1, 0.15) is 6.92 Å². The van der Waals surface area contributed by atoms with E-state index in [2.05, 4.69) is 86.6 Å². The van der Waals surface area contributed by atoms with Crippen LogP contribution in [0.2, 0.25) is 0 Å². The minimum Gasteiger partial charge on any atom is -0.310 e. The molecule has 0 N–H and O–H groups in total. The second-order valence-corrected chi connectivity index (χ2v) is 5.99. The Balaban J connectivity index is 0.000000324. The minimum atomic E-state index is 0. The lowest BCUT2D eigenvalue weighted by molar-refractivity contribution is 0.434. The van der Waals surface area contributed by atoms with E-state index in [1.165, 1.54) is 20.5 Å². The first-order chi connectivity index (χ1) is 9.70. The maximum Gasteiger partial charge on any atom is 0.0355 e.